The van der Waals surface area contributed by atoms with E-state index < -0.39 is 0 Å². The number of benzene rings is 2. The fourth-order valence-corrected chi connectivity index (χ4v) is 2.21. The summed E-state index contributed by atoms with van der Waals surface area (Å²) in [6.45, 7) is 0. The van der Waals surface area contributed by atoms with E-state index >= 15 is 0 Å². The van der Waals surface area contributed by atoms with Crippen molar-refractivity contribution in [1.29, 1.82) is 0 Å². The van der Waals surface area contributed by atoms with E-state index in [1.165, 1.54) is 24.3 Å². The van der Waals surface area contributed by atoms with Gasteiger partial charge in [0.1, 0.15) is 11.6 Å². The second kappa shape index (κ2) is 4.89. The number of Topliss-reactive ketones (excluding diaryl/α,β-unsaturated/α-hetero) is 1. The molecule has 100 valence electrons. The van der Waals surface area contributed by atoms with E-state index in [9.17, 15) is 13.6 Å². The number of nitrogens with one attached hydrogen (secondary N) is 1. The number of H-pyrrole nitrogens is 1. The summed E-state index contributed by atoms with van der Waals surface area (Å²) in [5.74, 6) is -0.768. The molecule has 0 spiro atoms. The van der Waals surface area contributed by atoms with Gasteiger partial charge in [0.15, 0.2) is 5.78 Å². The first-order valence-electron chi connectivity index (χ1n) is 6.18. The van der Waals surface area contributed by atoms with Crippen LogP contribution in [-0.4, -0.2) is 10.8 Å². The number of hydrogen-bond donors (Lipinski definition) is 1. The zero-order valence-electron chi connectivity index (χ0n) is 10.5. The van der Waals surface area contributed by atoms with Crippen molar-refractivity contribution in [2.24, 2.45) is 0 Å². The maximum atomic E-state index is 13.1. The monoisotopic (exact) mass is 271 g/mol. The molecule has 0 saturated heterocycles. The number of fused-ring (bicyclic) bond motifs is 1. The van der Waals surface area contributed by atoms with Crippen LogP contribution < -0.4 is 0 Å². The third-order valence-electron chi connectivity index (χ3n) is 3.22. The molecule has 0 aliphatic heterocycles. The van der Waals surface area contributed by atoms with Gasteiger partial charge >= 0.3 is 0 Å². The molecule has 2 aromatic carbocycles. The summed E-state index contributed by atoms with van der Waals surface area (Å²) < 4.78 is 25.9. The standard InChI is InChI=1S/C16H11F2NO/c17-11-3-1-10(2-4-11)7-16(20)14-9-19-15-8-12(18)5-6-13(14)15/h1-6,8-9,19H,7H2. The lowest BCUT2D eigenvalue weighted by Crippen LogP contribution is -2.02. The number of aromatic amines is 1. The number of halogens is 2. The minimum absolute atomic E-state index is 0.0885. The average molecular weight is 271 g/mol. The molecule has 20 heavy (non-hydrogen) atoms. The number of rotatable bonds is 3. The fraction of sp³-hybridized carbons (Fsp3) is 0.0625. The molecule has 1 heterocycles. The van der Waals surface area contributed by atoms with Gasteiger partial charge in [-0.1, -0.05) is 12.1 Å². The highest BCUT2D eigenvalue weighted by molar-refractivity contribution is 6.08. The van der Waals surface area contributed by atoms with Gasteiger partial charge in [0.2, 0.25) is 0 Å². The maximum absolute atomic E-state index is 13.1. The molecule has 0 fully saturated rings. The zero-order valence-corrected chi connectivity index (χ0v) is 10.5. The first kappa shape index (κ1) is 12.5. The topological polar surface area (TPSA) is 32.9 Å². The molecular weight excluding hydrogens is 260 g/mol. The zero-order chi connectivity index (χ0) is 14.1. The summed E-state index contributed by atoms with van der Waals surface area (Å²) >= 11 is 0. The van der Waals surface area contributed by atoms with Crippen LogP contribution in [0.2, 0.25) is 0 Å². The number of carbonyl (C=O) groups is 1. The fourth-order valence-electron chi connectivity index (χ4n) is 2.21. The highest BCUT2D eigenvalue weighted by Crippen LogP contribution is 2.21. The van der Waals surface area contributed by atoms with E-state index in [4.69, 9.17) is 0 Å². The Morgan fingerprint density at radius 3 is 2.45 bits per heavy atom. The van der Waals surface area contributed by atoms with E-state index in [1.54, 1.807) is 24.4 Å². The van der Waals surface area contributed by atoms with Crippen LogP contribution in [0.5, 0.6) is 0 Å². The second-order valence-corrected chi connectivity index (χ2v) is 4.62. The highest BCUT2D eigenvalue weighted by atomic mass is 19.1. The molecule has 3 aromatic rings. The Balaban J connectivity index is 1.91. The van der Waals surface area contributed by atoms with Crippen molar-refractivity contribution in [2.45, 2.75) is 6.42 Å². The minimum atomic E-state index is -0.350. The summed E-state index contributed by atoms with van der Waals surface area (Å²) in [7, 11) is 0. The molecule has 0 unspecified atom stereocenters. The van der Waals surface area contributed by atoms with Crippen LogP contribution >= 0.6 is 0 Å². The molecule has 0 aliphatic rings. The SMILES string of the molecule is O=C(Cc1ccc(F)cc1)c1c[nH]c2cc(F)ccc12. The number of aromatic nitrogens is 1. The summed E-state index contributed by atoms with van der Waals surface area (Å²) in [6, 6.07) is 10.1. The van der Waals surface area contributed by atoms with Crippen LogP contribution in [0.25, 0.3) is 10.9 Å². The molecule has 1 aromatic heterocycles. The third-order valence-corrected chi connectivity index (χ3v) is 3.22. The van der Waals surface area contributed by atoms with E-state index in [1.807, 2.05) is 0 Å². The molecule has 4 heteroatoms. The molecular formula is C16H11F2NO. The first-order valence-corrected chi connectivity index (χ1v) is 6.18. The van der Waals surface area contributed by atoms with Crippen LogP contribution in [-0.2, 0) is 6.42 Å². The van der Waals surface area contributed by atoms with Crippen LogP contribution in [0.15, 0.2) is 48.7 Å². The Hall–Kier alpha value is -2.49. The molecule has 0 amide bonds. The van der Waals surface area contributed by atoms with Crippen molar-refractivity contribution < 1.29 is 13.6 Å². The normalized spacial score (nSPS) is 10.9. The Labute approximate surface area is 114 Å². The molecule has 0 radical (unpaired) electrons. The lowest BCUT2D eigenvalue weighted by molar-refractivity contribution is 0.0994. The average Bonchev–Trinajstić information content (AvgIpc) is 2.84. The maximum Gasteiger partial charge on any atom is 0.169 e. The van der Waals surface area contributed by atoms with Gasteiger partial charge in [-0.2, -0.15) is 0 Å². The predicted octanol–water partition coefficient (Wildman–Crippen LogP) is 3.87. The highest BCUT2D eigenvalue weighted by Gasteiger charge is 2.13. The number of ketones is 1. The predicted molar refractivity (Wildman–Crippen MR) is 72.7 cm³/mol. The summed E-state index contributed by atoms with van der Waals surface area (Å²) in [5, 5.41) is 0.693. The molecule has 2 nitrogen and oxygen atoms in total. The van der Waals surface area contributed by atoms with Gasteiger partial charge in [0, 0.05) is 29.1 Å². The number of hydrogen-bond acceptors (Lipinski definition) is 1. The molecule has 1 N–H and O–H groups in total. The van der Waals surface area contributed by atoms with E-state index in [-0.39, 0.29) is 23.8 Å². The van der Waals surface area contributed by atoms with Gasteiger partial charge in [0.25, 0.3) is 0 Å². The largest absolute Gasteiger partial charge is 0.360 e. The quantitative estimate of drug-likeness (QED) is 0.721. The van der Waals surface area contributed by atoms with Crippen molar-refractivity contribution in [2.75, 3.05) is 0 Å². The molecule has 0 bridgehead atoms. The summed E-state index contributed by atoms with van der Waals surface area (Å²) in [5.41, 5.74) is 1.85. The van der Waals surface area contributed by atoms with Crippen LogP contribution in [0, 0.1) is 11.6 Å². The van der Waals surface area contributed by atoms with Crippen molar-refractivity contribution in [1.82, 2.24) is 4.98 Å². The second-order valence-electron chi connectivity index (χ2n) is 4.62. The van der Waals surface area contributed by atoms with Crippen LogP contribution in [0.1, 0.15) is 15.9 Å². The Kier molecular flexibility index (Phi) is 3.06. The third kappa shape index (κ3) is 2.32. The van der Waals surface area contributed by atoms with Gasteiger partial charge in [-0.05, 0) is 35.9 Å². The van der Waals surface area contributed by atoms with Crippen molar-refractivity contribution in [3.05, 3.63) is 71.4 Å². The summed E-state index contributed by atoms with van der Waals surface area (Å²) in [6.07, 6.45) is 1.76. The van der Waals surface area contributed by atoms with Crippen LogP contribution in [0.3, 0.4) is 0 Å². The first-order chi connectivity index (χ1) is 9.63. The Bertz CT molecular complexity index is 775. The van der Waals surface area contributed by atoms with Gasteiger partial charge < -0.3 is 4.98 Å². The number of carbonyl (C=O) groups excluding carboxylic acids is 1. The van der Waals surface area contributed by atoms with Crippen molar-refractivity contribution >= 4 is 16.7 Å². The van der Waals surface area contributed by atoms with E-state index in [0.29, 0.717) is 16.5 Å². The molecule has 0 aliphatic carbocycles. The van der Waals surface area contributed by atoms with Crippen molar-refractivity contribution in [3.8, 4) is 0 Å². The van der Waals surface area contributed by atoms with Gasteiger partial charge in [-0.15, -0.1) is 0 Å². The Morgan fingerprint density at radius 1 is 1.00 bits per heavy atom. The smallest absolute Gasteiger partial charge is 0.169 e. The van der Waals surface area contributed by atoms with Crippen LogP contribution in [0.4, 0.5) is 8.78 Å². The van der Waals surface area contributed by atoms with Crippen molar-refractivity contribution in [3.63, 3.8) is 0 Å². The summed E-state index contributed by atoms with van der Waals surface area (Å²) in [4.78, 5) is 15.1. The lowest BCUT2D eigenvalue weighted by atomic mass is 10.0. The Morgan fingerprint density at radius 2 is 1.70 bits per heavy atom. The van der Waals surface area contributed by atoms with Gasteiger partial charge in [-0.3, -0.25) is 4.79 Å². The molecule has 3 rings (SSSR count). The molecule has 0 atom stereocenters. The lowest BCUT2D eigenvalue weighted by Gasteiger charge is -2.00. The van der Waals surface area contributed by atoms with E-state index in [2.05, 4.69) is 4.98 Å². The molecule has 0 saturated carbocycles. The van der Waals surface area contributed by atoms with E-state index in [0.717, 1.165) is 5.56 Å². The van der Waals surface area contributed by atoms with Gasteiger partial charge in [-0.25, -0.2) is 8.78 Å². The van der Waals surface area contributed by atoms with Gasteiger partial charge in [0.05, 0.1) is 0 Å². The minimum Gasteiger partial charge on any atom is -0.360 e.